The third-order valence-corrected chi connectivity index (χ3v) is 2.91. The van der Waals surface area contributed by atoms with Crippen LogP contribution in [0.2, 0.25) is 0 Å². The summed E-state index contributed by atoms with van der Waals surface area (Å²) < 4.78 is 20.3. The first kappa shape index (κ1) is 11.6. The zero-order chi connectivity index (χ0) is 13.6. The fraction of sp³-hybridized carbons (Fsp3) is 0.250. The van der Waals surface area contributed by atoms with Gasteiger partial charge in [-0.2, -0.15) is 0 Å². The first-order chi connectivity index (χ1) is 9.09. The summed E-state index contributed by atoms with van der Waals surface area (Å²) in [6, 6.07) is 4.89. The number of para-hydroxylation sites is 1. The molecule has 0 aliphatic rings. The van der Waals surface area contributed by atoms with E-state index in [4.69, 9.17) is 5.73 Å². The summed E-state index contributed by atoms with van der Waals surface area (Å²) in [6.07, 6.45) is 0. The Bertz CT molecular complexity index is 746. The predicted molar refractivity (Wildman–Crippen MR) is 67.8 cm³/mol. The van der Waals surface area contributed by atoms with Gasteiger partial charge in [0.05, 0.1) is 5.52 Å². The van der Waals surface area contributed by atoms with Crippen LogP contribution in [-0.2, 0) is 0 Å². The number of benzene rings is 1. The normalized spacial score (nSPS) is 11.6. The van der Waals surface area contributed by atoms with Crippen molar-refractivity contribution in [3.05, 3.63) is 24.0 Å². The highest BCUT2D eigenvalue weighted by atomic mass is 19.1. The first-order valence-corrected chi connectivity index (χ1v) is 5.84. The van der Waals surface area contributed by atoms with Crippen LogP contribution >= 0.6 is 0 Å². The van der Waals surface area contributed by atoms with Gasteiger partial charge in [-0.25, -0.2) is 14.0 Å². The van der Waals surface area contributed by atoms with Gasteiger partial charge in [0, 0.05) is 6.04 Å². The van der Waals surface area contributed by atoms with Crippen molar-refractivity contribution in [2.75, 3.05) is 5.73 Å². The van der Waals surface area contributed by atoms with Crippen molar-refractivity contribution in [3.63, 3.8) is 0 Å². The van der Waals surface area contributed by atoms with E-state index in [1.807, 2.05) is 18.4 Å². The Balaban J connectivity index is 2.39. The number of nitrogen functional groups attached to an aromatic ring is 1. The van der Waals surface area contributed by atoms with Gasteiger partial charge in [-0.3, -0.25) is 0 Å². The Morgan fingerprint density at radius 2 is 2.11 bits per heavy atom. The molecule has 0 radical (unpaired) electrons. The number of aromatic nitrogens is 4. The molecule has 3 rings (SSSR count). The van der Waals surface area contributed by atoms with Gasteiger partial charge < -0.3 is 10.3 Å². The van der Waals surface area contributed by atoms with Crippen LogP contribution in [0.5, 0.6) is 0 Å². The smallest absolute Gasteiger partial charge is 0.199 e. The number of rotatable bonds is 2. The van der Waals surface area contributed by atoms with Crippen LogP contribution in [0, 0.1) is 5.82 Å². The van der Waals surface area contributed by atoms with E-state index >= 15 is 0 Å². The van der Waals surface area contributed by atoms with Crippen LogP contribution in [0.3, 0.4) is 0 Å². The zero-order valence-electron chi connectivity index (χ0n) is 10.5. The maximum Gasteiger partial charge on any atom is 0.199 e. The Kier molecular flexibility index (Phi) is 2.48. The lowest BCUT2D eigenvalue weighted by molar-refractivity contribution is 0.310. The molecule has 6 nitrogen and oxygen atoms in total. The molecule has 0 spiro atoms. The highest BCUT2D eigenvalue weighted by Crippen LogP contribution is 2.30. The average Bonchev–Trinajstić information content (AvgIpc) is 2.92. The number of imidazole rings is 1. The fourth-order valence-corrected chi connectivity index (χ4v) is 2.12. The van der Waals surface area contributed by atoms with Crippen molar-refractivity contribution >= 4 is 16.9 Å². The van der Waals surface area contributed by atoms with E-state index in [0.29, 0.717) is 17.0 Å². The minimum atomic E-state index is -0.381. The van der Waals surface area contributed by atoms with E-state index < -0.39 is 0 Å². The number of nitrogens with zero attached hydrogens (tertiary/aromatic N) is 4. The summed E-state index contributed by atoms with van der Waals surface area (Å²) in [5.74, 6) is 0.208. The van der Waals surface area contributed by atoms with Gasteiger partial charge in [0.1, 0.15) is 5.52 Å². The summed E-state index contributed by atoms with van der Waals surface area (Å²) in [5.41, 5.74) is 6.98. The van der Waals surface area contributed by atoms with E-state index in [1.165, 1.54) is 6.07 Å². The second kappa shape index (κ2) is 4.04. The average molecular weight is 261 g/mol. The number of hydrogen-bond donors (Lipinski definition) is 1. The van der Waals surface area contributed by atoms with Gasteiger partial charge in [0.25, 0.3) is 0 Å². The van der Waals surface area contributed by atoms with Gasteiger partial charge in [-0.1, -0.05) is 6.07 Å². The lowest BCUT2D eigenvalue weighted by Crippen LogP contribution is -2.04. The summed E-state index contributed by atoms with van der Waals surface area (Å²) in [6.45, 7) is 3.94. The molecule has 7 heteroatoms. The molecule has 0 bridgehead atoms. The fourth-order valence-electron chi connectivity index (χ4n) is 2.12. The standard InChI is InChI=1S/C12H12FN5O/c1-6(2)18-8-5-3-4-7(13)9(8)15-12(18)10-11(14)17-19-16-10/h3-6H,1-2H3,(H2,14,17). The lowest BCUT2D eigenvalue weighted by Gasteiger charge is -2.11. The Morgan fingerprint density at radius 3 is 2.74 bits per heavy atom. The Hall–Kier alpha value is -2.44. The molecule has 0 fully saturated rings. The number of hydrogen-bond acceptors (Lipinski definition) is 5. The van der Waals surface area contributed by atoms with Crippen LogP contribution in [0.25, 0.3) is 22.6 Å². The molecule has 0 aliphatic carbocycles. The molecule has 0 saturated heterocycles. The lowest BCUT2D eigenvalue weighted by atomic mass is 10.2. The number of fused-ring (bicyclic) bond motifs is 1. The van der Waals surface area contributed by atoms with Crippen molar-refractivity contribution in [3.8, 4) is 11.5 Å². The molecule has 2 N–H and O–H groups in total. The molecule has 2 aromatic heterocycles. The minimum Gasteiger partial charge on any atom is -0.379 e. The number of anilines is 1. The highest BCUT2D eigenvalue weighted by molar-refractivity contribution is 5.82. The largest absolute Gasteiger partial charge is 0.379 e. The predicted octanol–water partition coefficient (Wildman–Crippen LogP) is 2.39. The van der Waals surface area contributed by atoms with E-state index in [-0.39, 0.29) is 23.2 Å². The van der Waals surface area contributed by atoms with E-state index in [2.05, 4.69) is 19.9 Å². The minimum absolute atomic E-state index is 0.0675. The summed E-state index contributed by atoms with van der Waals surface area (Å²) in [7, 11) is 0. The third-order valence-electron chi connectivity index (χ3n) is 2.91. The van der Waals surface area contributed by atoms with Gasteiger partial charge in [0.2, 0.25) is 0 Å². The van der Waals surface area contributed by atoms with Crippen molar-refractivity contribution in [1.29, 1.82) is 0 Å². The molecule has 0 atom stereocenters. The molecule has 0 saturated carbocycles. The molecule has 1 aromatic carbocycles. The van der Waals surface area contributed by atoms with E-state index in [1.54, 1.807) is 12.1 Å². The van der Waals surface area contributed by atoms with Gasteiger partial charge in [-0.05, 0) is 36.3 Å². The first-order valence-electron chi connectivity index (χ1n) is 5.84. The van der Waals surface area contributed by atoms with Crippen LogP contribution < -0.4 is 5.73 Å². The van der Waals surface area contributed by atoms with Crippen molar-refractivity contribution in [2.24, 2.45) is 0 Å². The second-order valence-electron chi connectivity index (χ2n) is 4.50. The molecule has 2 heterocycles. The Labute approximate surface area is 108 Å². The molecule has 0 unspecified atom stereocenters. The van der Waals surface area contributed by atoms with Crippen molar-refractivity contribution in [1.82, 2.24) is 19.9 Å². The molecule has 98 valence electrons. The van der Waals surface area contributed by atoms with Crippen molar-refractivity contribution < 1.29 is 9.02 Å². The number of halogens is 1. The van der Waals surface area contributed by atoms with Crippen LogP contribution in [0.15, 0.2) is 22.8 Å². The maximum atomic E-state index is 13.8. The SMILES string of the molecule is CC(C)n1c(-c2nonc2N)nc2c(F)cccc21. The van der Waals surface area contributed by atoms with Gasteiger partial charge in [0.15, 0.2) is 23.2 Å². The molecular formula is C12H12FN5O. The second-order valence-corrected chi connectivity index (χ2v) is 4.50. The van der Waals surface area contributed by atoms with Gasteiger partial charge in [-0.15, -0.1) is 0 Å². The topological polar surface area (TPSA) is 82.8 Å². The van der Waals surface area contributed by atoms with Crippen LogP contribution in [-0.4, -0.2) is 19.9 Å². The summed E-state index contributed by atoms with van der Waals surface area (Å²) in [4.78, 5) is 4.28. The van der Waals surface area contributed by atoms with Gasteiger partial charge >= 0.3 is 0 Å². The summed E-state index contributed by atoms with van der Waals surface area (Å²) >= 11 is 0. The Morgan fingerprint density at radius 1 is 1.32 bits per heavy atom. The van der Waals surface area contributed by atoms with Crippen LogP contribution in [0.1, 0.15) is 19.9 Å². The third kappa shape index (κ3) is 1.66. The van der Waals surface area contributed by atoms with E-state index in [0.717, 1.165) is 0 Å². The van der Waals surface area contributed by atoms with E-state index in [9.17, 15) is 4.39 Å². The number of nitrogens with two attached hydrogens (primary N) is 1. The zero-order valence-corrected chi connectivity index (χ0v) is 10.5. The molecular weight excluding hydrogens is 249 g/mol. The molecule has 0 aliphatic heterocycles. The highest BCUT2D eigenvalue weighted by Gasteiger charge is 2.21. The van der Waals surface area contributed by atoms with Crippen LogP contribution in [0.4, 0.5) is 10.2 Å². The quantitative estimate of drug-likeness (QED) is 0.765. The molecule has 3 aromatic rings. The van der Waals surface area contributed by atoms with Crippen molar-refractivity contribution in [2.45, 2.75) is 19.9 Å². The molecule has 19 heavy (non-hydrogen) atoms. The maximum absolute atomic E-state index is 13.8. The monoisotopic (exact) mass is 261 g/mol. The summed E-state index contributed by atoms with van der Waals surface area (Å²) in [5, 5.41) is 7.27. The molecule has 0 amide bonds.